The van der Waals surface area contributed by atoms with E-state index in [1.54, 1.807) is 43.1 Å². The Bertz CT molecular complexity index is 2370. The lowest BCUT2D eigenvalue weighted by atomic mass is 9.82. The van der Waals surface area contributed by atoms with Crippen molar-refractivity contribution < 1.29 is 84.1 Å². The van der Waals surface area contributed by atoms with E-state index in [1.165, 1.54) is 29.2 Å². The van der Waals surface area contributed by atoms with Crippen LogP contribution in [0.1, 0.15) is 35.6 Å². The van der Waals surface area contributed by atoms with Crippen LogP contribution in [0.5, 0.6) is 0 Å². The highest BCUT2D eigenvalue weighted by Crippen LogP contribution is 2.60. The number of amides is 4. The van der Waals surface area contributed by atoms with Gasteiger partial charge in [0.2, 0.25) is 5.91 Å². The number of ether oxygens (including phenoxy) is 3. The summed E-state index contributed by atoms with van der Waals surface area (Å²) in [7, 11) is -3.32. The molecule has 4 amide bonds. The lowest BCUT2D eigenvalue weighted by Gasteiger charge is -2.37. The predicted molar refractivity (Wildman–Crippen MR) is 234 cm³/mol. The van der Waals surface area contributed by atoms with Crippen molar-refractivity contribution in [2.75, 3.05) is 22.1 Å². The van der Waals surface area contributed by atoms with Gasteiger partial charge in [-0.3, -0.25) is 19.2 Å². The van der Waals surface area contributed by atoms with Crippen molar-refractivity contribution in [2.24, 2.45) is 5.92 Å². The summed E-state index contributed by atoms with van der Waals surface area (Å²) in [6.45, 7) is 5.01. The van der Waals surface area contributed by atoms with Crippen LogP contribution >= 0.6 is 0 Å². The molecule has 0 radical (unpaired) electrons. The smallest absolute Gasteiger partial charge is 0.264 e. The summed E-state index contributed by atoms with van der Waals surface area (Å²) in [4.78, 5) is 71.2. The first-order valence-corrected chi connectivity index (χ1v) is 25.0. The van der Waals surface area contributed by atoms with Crippen LogP contribution in [-0.2, 0) is 58.5 Å². The maximum atomic E-state index is 15.3. The molecule has 5 aliphatic rings. The molecule has 3 aromatic carbocycles. The van der Waals surface area contributed by atoms with Gasteiger partial charge >= 0.3 is 0 Å². The minimum Gasteiger partial charge on any atom is -0.432 e. The first-order chi connectivity index (χ1) is 31.7. The van der Waals surface area contributed by atoms with Crippen molar-refractivity contribution in [3.63, 3.8) is 0 Å². The van der Waals surface area contributed by atoms with Gasteiger partial charge in [-0.15, -0.1) is 0 Å². The van der Waals surface area contributed by atoms with Crippen LogP contribution in [0.3, 0.4) is 0 Å². The van der Waals surface area contributed by atoms with Crippen LogP contribution < -0.4 is 15.5 Å². The molecular formula is C45H56N4O17Si. The molecule has 67 heavy (non-hydrogen) atoms. The van der Waals surface area contributed by atoms with Gasteiger partial charge in [-0.05, 0) is 66.5 Å². The van der Waals surface area contributed by atoms with Gasteiger partial charge in [-0.25, -0.2) is 0 Å². The number of hydrogen-bond acceptors (Lipinski definition) is 17. The van der Waals surface area contributed by atoms with Crippen molar-refractivity contribution in [3.05, 3.63) is 89.0 Å². The summed E-state index contributed by atoms with van der Waals surface area (Å²) < 4.78 is 17.1. The number of fused-ring (bicyclic) bond motifs is 3. The Morgan fingerprint density at radius 2 is 1.31 bits per heavy atom. The number of rotatable bonds is 10. The number of benzene rings is 3. The Labute approximate surface area is 384 Å². The first-order valence-electron chi connectivity index (χ1n) is 22.0. The van der Waals surface area contributed by atoms with Crippen molar-refractivity contribution in [1.29, 1.82) is 0 Å². The largest absolute Gasteiger partial charge is 0.432 e. The molecule has 3 aromatic rings. The first kappa shape index (κ1) is 48.7. The topological polar surface area (TPSA) is 329 Å². The number of aliphatic hydroxyl groups excluding tert-OH is 9. The SMILES string of the molecule is C[C@H]1[C@H]([Si](C)(C)O)[C@@H](CC(=O)N2Cc3ccccc3C[C@H]2CO)O[C@]12C(=O)N(Cc1ccc(NC(=O)[C@H]3O[C@@H](O)[C@H](O)[C@@H](O)[C@@H]3O)cc1)c1ccc(NC(=O)[C@H]3O[C@@H](O)[C@H](O)[C@@H](O)[C@@H]3O)cc12. The van der Waals surface area contributed by atoms with Crippen LogP contribution in [0.2, 0.25) is 18.6 Å². The molecule has 12 N–H and O–H groups in total. The van der Waals surface area contributed by atoms with Gasteiger partial charge < -0.3 is 85.4 Å². The molecule has 3 fully saturated rings. The number of nitrogens with one attached hydrogen (secondary N) is 2. The van der Waals surface area contributed by atoms with Gasteiger partial charge in [0.15, 0.2) is 38.7 Å². The van der Waals surface area contributed by atoms with Crippen LogP contribution in [0.25, 0.3) is 0 Å². The van der Waals surface area contributed by atoms with E-state index in [0.29, 0.717) is 17.7 Å². The maximum absolute atomic E-state index is 15.3. The Kier molecular flexibility index (Phi) is 13.5. The van der Waals surface area contributed by atoms with Crippen molar-refractivity contribution in [3.8, 4) is 0 Å². The molecule has 0 unspecified atom stereocenters. The van der Waals surface area contributed by atoms with E-state index in [1.807, 2.05) is 24.3 Å². The fraction of sp³-hybridized carbons (Fsp3) is 0.511. The van der Waals surface area contributed by atoms with E-state index in [4.69, 9.17) is 14.2 Å². The van der Waals surface area contributed by atoms with Gasteiger partial charge in [0.05, 0.1) is 37.4 Å². The molecule has 1 spiro atoms. The molecule has 362 valence electrons. The highest BCUT2D eigenvalue weighted by atomic mass is 28.4. The number of anilines is 3. The minimum absolute atomic E-state index is 0.0792. The summed E-state index contributed by atoms with van der Waals surface area (Å²) in [6, 6.07) is 17.8. The number of aliphatic hydroxyl groups is 9. The zero-order chi connectivity index (χ0) is 48.4. The molecule has 0 aromatic heterocycles. The Balaban J connectivity index is 1.10. The van der Waals surface area contributed by atoms with E-state index in [2.05, 4.69) is 10.6 Å². The van der Waals surface area contributed by atoms with Crippen LogP contribution in [0, 0.1) is 5.92 Å². The second-order valence-electron chi connectivity index (χ2n) is 18.5. The number of carbonyl (C=O) groups excluding carboxylic acids is 4. The van der Waals surface area contributed by atoms with E-state index in [9.17, 15) is 65.1 Å². The minimum atomic E-state index is -3.32. The van der Waals surface area contributed by atoms with E-state index in [-0.39, 0.29) is 49.0 Å². The lowest BCUT2D eigenvalue weighted by molar-refractivity contribution is -0.274. The van der Waals surface area contributed by atoms with Gasteiger partial charge in [0.1, 0.15) is 36.6 Å². The van der Waals surface area contributed by atoms with Gasteiger partial charge in [-0.1, -0.05) is 43.3 Å². The molecule has 0 saturated carbocycles. The summed E-state index contributed by atoms with van der Waals surface area (Å²) in [6.07, 6.45) is -19.5. The number of nitrogens with zero attached hydrogens (tertiary/aromatic N) is 2. The predicted octanol–water partition coefficient (Wildman–Crippen LogP) is -2.16. The summed E-state index contributed by atoms with van der Waals surface area (Å²) in [5, 5.41) is 96.5. The van der Waals surface area contributed by atoms with Gasteiger partial charge in [0.25, 0.3) is 17.7 Å². The Hall–Kier alpha value is -4.76. The van der Waals surface area contributed by atoms with Gasteiger partial charge in [0, 0.05) is 34.9 Å². The monoisotopic (exact) mass is 952 g/mol. The van der Waals surface area contributed by atoms with Gasteiger partial charge in [-0.2, -0.15) is 0 Å². The molecule has 0 aliphatic carbocycles. The second kappa shape index (κ2) is 18.6. The molecule has 5 aliphatic heterocycles. The van der Waals surface area contributed by atoms with Crippen LogP contribution in [-0.4, -0.2) is 168 Å². The normalized spacial score (nSPS) is 35.0. The maximum Gasteiger partial charge on any atom is 0.264 e. The third-order valence-corrected chi connectivity index (χ3v) is 16.3. The Morgan fingerprint density at radius 3 is 1.88 bits per heavy atom. The van der Waals surface area contributed by atoms with Crippen LogP contribution in [0.4, 0.5) is 17.1 Å². The summed E-state index contributed by atoms with van der Waals surface area (Å²) in [5.41, 5.74) is 0.827. The molecule has 0 bridgehead atoms. The van der Waals surface area contributed by atoms with E-state index < -0.39 is 117 Å². The van der Waals surface area contributed by atoms with Crippen molar-refractivity contribution in [2.45, 2.75) is 131 Å². The van der Waals surface area contributed by atoms with Crippen molar-refractivity contribution in [1.82, 2.24) is 4.90 Å². The highest BCUT2D eigenvalue weighted by Gasteiger charge is 2.66. The van der Waals surface area contributed by atoms with Crippen LogP contribution in [0.15, 0.2) is 66.7 Å². The zero-order valence-electron chi connectivity index (χ0n) is 36.7. The summed E-state index contributed by atoms with van der Waals surface area (Å²) in [5.74, 6) is -3.60. The standard InChI is InChI=1S/C45H56N4O17Si/c1-20-39(67(2,3)63)29(16-30(51)48-18-23-7-5-4-6-22(23)14-26(48)19-50)66-45(20)27-15-25(47-41(59)38-34(55)32(53)36(57)43(61)65-38)12-13-28(27)49(44(45)62)17-21-8-10-24(11-9-21)46-40(58)37-33(54)31(52)35(56)42(60)64-37/h4-13,15,20,26,29,31-39,42-43,50,52-57,60-61,63H,14,16-19H2,1-3H3,(H,46,58)(H,47,59)/t20-,26-,29+,31-,32-,33-,34-,35+,36+,37-,38-,39-,42+,43+,45+/m0/s1. The molecule has 8 rings (SSSR count). The molecule has 15 atom stereocenters. The fourth-order valence-electron chi connectivity index (χ4n) is 10.3. The van der Waals surface area contributed by atoms with Crippen molar-refractivity contribution >= 4 is 49.0 Å². The third-order valence-electron chi connectivity index (χ3n) is 13.8. The molecule has 21 nitrogen and oxygen atoms in total. The molecule has 5 heterocycles. The quantitative estimate of drug-likeness (QED) is 0.0964. The average molecular weight is 953 g/mol. The molecular weight excluding hydrogens is 897 g/mol. The molecule has 3 saturated heterocycles. The number of carbonyl (C=O) groups is 4. The lowest BCUT2D eigenvalue weighted by Crippen LogP contribution is -2.60. The zero-order valence-corrected chi connectivity index (χ0v) is 37.7. The second-order valence-corrected chi connectivity index (χ2v) is 22.5. The highest BCUT2D eigenvalue weighted by molar-refractivity contribution is 6.71. The number of hydrogen-bond donors (Lipinski definition) is 12. The average Bonchev–Trinajstić information content (AvgIpc) is 3.72. The summed E-state index contributed by atoms with van der Waals surface area (Å²) >= 11 is 0. The molecule has 22 heteroatoms. The third kappa shape index (κ3) is 8.80. The Morgan fingerprint density at radius 1 is 0.761 bits per heavy atom. The van der Waals surface area contributed by atoms with E-state index in [0.717, 1.165) is 11.1 Å². The fourth-order valence-corrected chi connectivity index (χ4v) is 12.9. The van der Waals surface area contributed by atoms with E-state index >= 15 is 4.79 Å².